The van der Waals surface area contributed by atoms with Crippen LogP contribution in [0.5, 0.6) is 0 Å². The number of esters is 1. The van der Waals surface area contributed by atoms with Crippen molar-refractivity contribution in [3.63, 3.8) is 0 Å². The second-order valence-electron chi connectivity index (χ2n) is 22.4. The number of unbranched alkanes of at least 4 members (excludes halogenated alkanes) is 2. The summed E-state index contributed by atoms with van der Waals surface area (Å²) in [6.07, 6.45) is -0.455. The molecule has 0 spiro atoms. The Morgan fingerprint density at radius 2 is 1.22 bits per heavy atom. The van der Waals surface area contributed by atoms with Crippen molar-refractivity contribution in [3.8, 4) is 0 Å². The molecule has 26 unspecified atom stereocenters. The molecule has 0 saturated carbocycles. The van der Waals surface area contributed by atoms with E-state index in [-0.39, 0.29) is 55.5 Å². The molecule has 4 rings (SSSR count). The molecular formula is C56H98O18. The van der Waals surface area contributed by atoms with Gasteiger partial charge in [0.1, 0.15) is 24.6 Å². The average molecular weight is 1060 g/mol. The molecule has 4 saturated heterocycles. The number of aliphatic hydroxyl groups is 7. The van der Waals surface area contributed by atoms with Gasteiger partial charge in [-0.25, -0.2) is 4.79 Å². The number of hydrogen-bond acceptors (Lipinski definition) is 18. The molecule has 0 bridgehead atoms. The van der Waals surface area contributed by atoms with Crippen molar-refractivity contribution in [2.75, 3.05) is 14.2 Å². The van der Waals surface area contributed by atoms with E-state index in [9.17, 15) is 45.3 Å². The fourth-order valence-corrected chi connectivity index (χ4v) is 12.4. The fourth-order valence-electron chi connectivity index (χ4n) is 12.4. The number of rotatable bonds is 27. The van der Waals surface area contributed by atoms with E-state index in [2.05, 4.69) is 6.92 Å². The third-order valence-corrected chi connectivity index (χ3v) is 17.3. The third kappa shape index (κ3) is 16.1. The highest BCUT2D eigenvalue weighted by Gasteiger charge is 2.55. The van der Waals surface area contributed by atoms with Gasteiger partial charge in [0.05, 0.1) is 67.1 Å². The third-order valence-electron chi connectivity index (χ3n) is 17.3. The molecule has 4 heterocycles. The van der Waals surface area contributed by atoms with Crippen LogP contribution in [-0.4, -0.2) is 172 Å². The number of ether oxygens (including phenoxy) is 9. The summed E-state index contributed by atoms with van der Waals surface area (Å²) in [6, 6.07) is 0. The summed E-state index contributed by atoms with van der Waals surface area (Å²) in [6.45, 7) is 22.4. The minimum absolute atomic E-state index is 0.00108. The molecule has 26 atom stereocenters. The molecule has 18 heteroatoms. The van der Waals surface area contributed by atoms with Crippen LogP contribution in [0.25, 0.3) is 0 Å². The lowest BCUT2D eigenvalue weighted by molar-refractivity contribution is -0.352. The Bertz CT molecular complexity index is 1710. The zero-order valence-electron chi connectivity index (χ0n) is 46.9. The Hall–Kier alpha value is -1.98. The molecule has 7 N–H and O–H groups in total. The van der Waals surface area contributed by atoms with Crippen LogP contribution < -0.4 is 0 Å². The maximum atomic E-state index is 13.6. The van der Waals surface area contributed by atoms with Crippen molar-refractivity contribution < 1.29 is 88.0 Å². The van der Waals surface area contributed by atoms with Crippen molar-refractivity contribution in [3.05, 3.63) is 24.3 Å². The molecule has 4 fully saturated rings. The van der Waals surface area contributed by atoms with Crippen LogP contribution in [0.3, 0.4) is 0 Å². The molecule has 0 aromatic rings. The zero-order valence-corrected chi connectivity index (χ0v) is 46.9. The maximum Gasteiger partial charge on any atom is 0.331 e. The molecule has 4 aliphatic heterocycles. The topological polar surface area (TPSA) is 259 Å². The molecule has 18 nitrogen and oxygen atoms in total. The van der Waals surface area contributed by atoms with Crippen LogP contribution in [0.4, 0.5) is 0 Å². The van der Waals surface area contributed by atoms with Crippen LogP contribution in [0.1, 0.15) is 147 Å². The summed E-state index contributed by atoms with van der Waals surface area (Å²) in [5, 5.41) is 77.8. The second kappa shape index (κ2) is 29.3. The Kier molecular flexibility index (Phi) is 25.6. The molecule has 0 aliphatic carbocycles. The van der Waals surface area contributed by atoms with Crippen LogP contribution in [0.15, 0.2) is 24.3 Å². The van der Waals surface area contributed by atoms with Gasteiger partial charge in [0.2, 0.25) is 0 Å². The highest BCUT2D eigenvalue weighted by Crippen LogP contribution is 2.46. The quantitative estimate of drug-likeness (QED) is 0.0176. The van der Waals surface area contributed by atoms with E-state index in [1.54, 1.807) is 54.1 Å². The number of aldehydes is 1. The van der Waals surface area contributed by atoms with Crippen molar-refractivity contribution in [1.29, 1.82) is 0 Å². The highest BCUT2D eigenvalue weighted by atomic mass is 16.7. The number of carbonyl (C=O) groups excluding carboxylic acids is 2. The van der Waals surface area contributed by atoms with E-state index in [0.29, 0.717) is 32.1 Å². The lowest BCUT2D eigenvalue weighted by atomic mass is 9.75. The van der Waals surface area contributed by atoms with E-state index < -0.39 is 133 Å². The zero-order chi connectivity index (χ0) is 55.4. The summed E-state index contributed by atoms with van der Waals surface area (Å²) in [5.74, 6) is -6.88. The first-order valence-corrected chi connectivity index (χ1v) is 27.7. The Balaban J connectivity index is 1.44. The first kappa shape index (κ1) is 64.5. The van der Waals surface area contributed by atoms with E-state index in [1.165, 1.54) is 6.08 Å². The molecule has 74 heavy (non-hydrogen) atoms. The van der Waals surface area contributed by atoms with Crippen molar-refractivity contribution >= 4 is 12.3 Å². The van der Waals surface area contributed by atoms with E-state index >= 15 is 0 Å². The Morgan fingerprint density at radius 3 is 1.72 bits per heavy atom. The molecule has 430 valence electrons. The van der Waals surface area contributed by atoms with Crippen LogP contribution in [-0.2, 0) is 52.2 Å². The monoisotopic (exact) mass is 1060 g/mol. The summed E-state index contributed by atoms with van der Waals surface area (Å²) < 4.78 is 56.0. The van der Waals surface area contributed by atoms with Gasteiger partial charge in [-0.2, -0.15) is 0 Å². The van der Waals surface area contributed by atoms with Crippen LogP contribution in [0, 0.1) is 47.3 Å². The Labute approximate surface area is 441 Å². The molecule has 0 amide bonds. The fraction of sp³-hybridized carbons (Fsp3) is 0.893. The van der Waals surface area contributed by atoms with Crippen LogP contribution in [0.2, 0.25) is 0 Å². The summed E-state index contributed by atoms with van der Waals surface area (Å²) in [7, 11) is 3.15. The van der Waals surface area contributed by atoms with Gasteiger partial charge >= 0.3 is 5.97 Å². The van der Waals surface area contributed by atoms with Gasteiger partial charge in [-0.3, -0.25) is 0 Å². The molecule has 0 aromatic heterocycles. The predicted octanol–water partition coefficient (Wildman–Crippen LogP) is 5.51. The van der Waals surface area contributed by atoms with E-state index in [0.717, 1.165) is 12.7 Å². The molecule has 0 aromatic carbocycles. The SMILES string of the molecule is CCC1C(C)OC(O)(C(C)C(O)C(C)C(OC(=O)C=CC=CC(C)C(OC)C(C)C(O)C(C)C2(OC)CC(OC3CC(O)C(O)C(C)O3)C(CC)C(C)O2)C(C)CCCCC=O)CC1OC1CC(O)C(O)C(C)O1. The van der Waals surface area contributed by atoms with Crippen molar-refractivity contribution in [2.24, 2.45) is 47.3 Å². The largest absolute Gasteiger partial charge is 0.459 e. The van der Waals surface area contributed by atoms with Crippen molar-refractivity contribution in [1.82, 2.24) is 0 Å². The molecule has 4 aliphatic rings. The minimum Gasteiger partial charge on any atom is -0.459 e. The molecular weight excluding hydrogens is 961 g/mol. The first-order chi connectivity index (χ1) is 34.8. The standard InChI is InChI=1S/C56H98O18/c1-15-40-36(9)73-55(65,28-44(40)70-47-26-42(58)51(63)38(11)68-47)34(7)49(61)33(6)54(31(4)22-18-17-21-25-57)72-46(60)24-20-19-23-30(3)53(66-13)32(5)50(62)35(8)56(67-14)29-45(41(16-2)37(10)74-56)71-48-27-43(59)52(64)39(12)69-48/h19-20,23-25,30-45,47-54,58-59,61-65H,15-18,21-22,26-29H2,1-14H3. The lowest BCUT2D eigenvalue weighted by Gasteiger charge is -2.52. The van der Waals surface area contributed by atoms with Gasteiger partial charge in [0.25, 0.3) is 0 Å². The average Bonchev–Trinajstić information content (AvgIpc) is 3.35. The number of hydrogen-bond donors (Lipinski definition) is 7. The lowest BCUT2D eigenvalue weighted by Crippen LogP contribution is -2.60. The Morgan fingerprint density at radius 1 is 0.703 bits per heavy atom. The number of aliphatic hydroxyl groups excluding tert-OH is 6. The smallest absolute Gasteiger partial charge is 0.331 e. The minimum atomic E-state index is -1.85. The first-order valence-electron chi connectivity index (χ1n) is 27.7. The number of carbonyl (C=O) groups is 2. The van der Waals surface area contributed by atoms with Gasteiger partial charge in [-0.1, -0.05) is 80.0 Å². The van der Waals surface area contributed by atoms with Gasteiger partial charge in [0, 0.05) is 93.8 Å². The van der Waals surface area contributed by atoms with E-state index in [1.807, 2.05) is 54.5 Å². The molecule has 0 radical (unpaired) electrons. The van der Waals surface area contributed by atoms with Gasteiger partial charge in [0.15, 0.2) is 24.2 Å². The normalized spacial score (nSPS) is 39.4. The second-order valence-corrected chi connectivity index (χ2v) is 22.4. The summed E-state index contributed by atoms with van der Waals surface area (Å²) in [5.41, 5.74) is 0. The number of methoxy groups -OCH3 is 2. The van der Waals surface area contributed by atoms with Crippen molar-refractivity contribution in [2.45, 2.75) is 257 Å². The summed E-state index contributed by atoms with van der Waals surface area (Å²) in [4.78, 5) is 24.7. The van der Waals surface area contributed by atoms with Gasteiger partial charge < -0.3 is 83.2 Å². The van der Waals surface area contributed by atoms with Gasteiger partial charge in [-0.15, -0.1) is 0 Å². The highest BCUT2D eigenvalue weighted by molar-refractivity contribution is 5.82. The predicted molar refractivity (Wildman–Crippen MR) is 275 cm³/mol. The van der Waals surface area contributed by atoms with Crippen LogP contribution >= 0.6 is 0 Å². The number of allylic oxidation sites excluding steroid dienone is 2. The van der Waals surface area contributed by atoms with Gasteiger partial charge in [-0.05, 0) is 59.3 Å². The summed E-state index contributed by atoms with van der Waals surface area (Å²) >= 11 is 0. The van der Waals surface area contributed by atoms with E-state index in [4.69, 9.17) is 42.6 Å². The maximum absolute atomic E-state index is 13.6.